The highest BCUT2D eigenvalue weighted by atomic mass is 31.2. The van der Waals surface area contributed by atoms with Crippen LogP contribution in [0.4, 0.5) is 0 Å². The molecule has 0 heterocycles. The van der Waals surface area contributed by atoms with Crippen molar-refractivity contribution in [3.05, 3.63) is 97.2 Å². The molecule has 3 atom stereocenters. The Hall–Kier alpha value is -3.07. The Bertz CT molecular complexity index is 1570. The molecule has 1 N–H and O–H groups in total. The summed E-state index contributed by atoms with van der Waals surface area (Å²) in [7, 11) is 1.15. The van der Waals surface area contributed by atoms with Gasteiger partial charge in [-0.2, -0.15) is 0 Å². The van der Waals surface area contributed by atoms with Gasteiger partial charge in [0.05, 0.1) is 33.8 Å². The topological polar surface area (TPSA) is 114 Å². The number of hydrogen-bond acceptors (Lipinski definition) is 7. The molecule has 0 aromatic rings. The summed E-state index contributed by atoms with van der Waals surface area (Å²) in [6.07, 6.45) is 69.4. The van der Waals surface area contributed by atoms with Crippen LogP contribution >= 0.6 is 7.82 Å². The fraction of sp³-hybridized carbons (Fsp3) is 0.714. The van der Waals surface area contributed by atoms with Gasteiger partial charge in [0.25, 0.3) is 7.82 Å². The summed E-state index contributed by atoms with van der Waals surface area (Å²) < 4.78 is 30.2. The van der Waals surface area contributed by atoms with Crippen molar-refractivity contribution in [2.24, 2.45) is 0 Å². The van der Waals surface area contributed by atoms with Crippen molar-refractivity contribution in [3.8, 4) is 0 Å². The van der Waals surface area contributed by atoms with E-state index < -0.39 is 26.6 Å². The lowest BCUT2D eigenvalue weighted by Crippen LogP contribution is -2.47. The van der Waals surface area contributed by atoms with Crippen LogP contribution in [0.2, 0.25) is 0 Å². The first-order valence-corrected chi connectivity index (χ1v) is 31.0. The van der Waals surface area contributed by atoms with Crippen LogP contribution in [0.5, 0.6) is 0 Å². The average Bonchev–Trinajstić information content (AvgIpc) is 3.35. The van der Waals surface area contributed by atoms with Crippen LogP contribution in [0.15, 0.2) is 97.2 Å². The minimum absolute atomic E-state index is 0.0324. The number of carbonyl (C=O) groups is 2. The summed E-state index contributed by atoms with van der Waals surface area (Å²) in [5, 5.41) is 3.01. The molecule has 0 saturated heterocycles. The second kappa shape index (κ2) is 52.4. The summed E-state index contributed by atoms with van der Waals surface area (Å²) >= 11 is 0. The van der Waals surface area contributed by atoms with E-state index in [9.17, 15) is 19.0 Å². The fourth-order valence-electron chi connectivity index (χ4n) is 8.00. The molecule has 0 rings (SSSR count). The maximum atomic E-state index is 13.5. The van der Waals surface area contributed by atoms with E-state index in [1.807, 2.05) is 33.3 Å². The van der Waals surface area contributed by atoms with Gasteiger partial charge in [0.2, 0.25) is 5.91 Å². The van der Waals surface area contributed by atoms with Crippen LogP contribution in [-0.2, 0) is 27.9 Å². The zero-order valence-corrected chi connectivity index (χ0v) is 48.7. The third-order valence-electron chi connectivity index (χ3n) is 12.5. The molecule has 9 nitrogen and oxygen atoms in total. The maximum absolute atomic E-state index is 13.5. The van der Waals surface area contributed by atoms with Gasteiger partial charge in [-0.1, -0.05) is 221 Å². The van der Waals surface area contributed by atoms with Gasteiger partial charge >= 0.3 is 5.97 Å². The lowest BCUT2D eigenvalue weighted by Gasteiger charge is -2.30. The number of phosphoric ester groups is 1. The first-order valence-electron chi connectivity index (χ1n) is 29.5. The van der Waals surface area contributed by atoms with E-state index in [2.05, 4.69) is 111 Å². The number of esters is 1. The molecule has 0 aliphatic carbocycles. The monoisotopic (exact) mass is 1040 g/mol. The third-order valence-corrected chi connectivity index (χ3v) is 13.5. The summed E-state index contributed by atoms with van der Waals surface area (Å²) in [5.74, 6) is -0.578. The summed E-state index contributed by atoms with van der Waals surface area (Å²) in [6.45, 7) is 6.59. The number of unbranched alkanes of at least 4 members (excludes halogenated alkanes) is 22. The molecule has 73 heavy (non-hydrogen) atoms. The Morgan fingerprint density at radius 3 is 1.32 bits per heavy atom. The second-order valence-electron chi connectivity index (χ2n) is 20.7. The minimum atomic E-state index is -4.71. The Balaban J connectivity index is 5.33. The molecule has 0 radical (unpaired) electrons. The van der Waals surface area contributed by atoms with E-state index in [4.69, 9.17) is 13.8 Å². The normalized spacial score (nSPS) is 14.5. The summed E-state index contributed by atoms with van der Waals surface area (Å²) in [4.78, 5) is 39.9. The van der Waals surface area contributed by atoms with E-state index in [0.717, 1.165) is 122 Å². The van der Waals surface area contributed by atoms with E-state index in [1.165, 1.54) is 70.6 Å². The van der Waals surface area contributed by atoms with E-state index in [-0.39, 0.29) is 31.3 Å². The first-order chi connectivity index (χ1) is 35.4. The van der Waals surface area contributed by atoms with Crippen LogP contribution in [0.3, 0.4) is 0 Å². The highest BCUT2D eigenvalue weighted by Gasteiger charge is 2.27. The van der Waals surface area contributed by atoms with Crippen molar-refractivity contribution < 1.29 is 37.3 Å². The molecular weight excluding hydrogens is 928 g/mol. The predicted molar refractivity (Wildman–Crippen MR) is 311 cm³/mol. The van der Waals surface area contributed by atoms with E-state index in [1.54, 1.807) is 0 Å². The Kier molecular flexibility index (Phi) is 50.2. The van der Waals surface area contributed by atoms with Crippen molar-refractivity contribution >= 4 is 19.7 Å². The number of nitrogens with zero attached hydrogens (tertiary/aromatic N) is 1. The predicted octanol–water partition coefficient (Wildman–Crippen LogP) is 17.4. The van der Waals surface area contributed by atoms with Gasteiger partial charge in [-0.15, -0.1) is 0 Å². The van der Waals surface area contributed by atoms with Crippen molar-refractivity contribution in [2.45, 2.75) is 251 Å². The van der Waals surface area contributed by atoms with Crippen LogP contribution in [0.25, 0.3) is 0 Å². The number of ether oxygens (including phenoxy) is 1. The number of carbonyl (C=O) groups excluding carboxylic acids is 2. The Labute approximate surface area is 449 Å². The highest BCUT2D eigenvalue weighted by Crippen LogP contribution is 2.38. The molecule has 10 heteroatoms. The number of phosphoric acid groups is 1. The molecule has 0 bridgehead atoms. The second-order valence-corrected chi connectivity index (χ2v) is 22.1. The molecule has 0 aromatic heterocycles. The number of allylic oxidation sites excluding steroid dienone is 15. The molecule has 0 aliphatic rings. The molecule has 0 saturated carbocycles. The smallest absolute Gasteiger partial charge is 0.306 e. The van der Waals surface area contributed by atoms with Crippen LogP contribution in [0, 0.1) is 0 Å². The Morgan fingerprint density at radius 1 is 0.493 bits per heavy atom. The number of rotatable bonds is 52. The van der Waals surface area contributed by atoms with E-state index in [0.29, 0.717) is 23.9 Å². The number of amides is 1. The fourth-order valence-corrected chi connectivity index (χ4v) is 8.72. The zero-order chi connectivity index (χ0) is 53.6. The number of likely N-dealkylation sites (N-methyl/N-ethyl adjacent to an activating group) is 1. The van der Waals surface area contributed by atoms with Gasteiger partial charge in [0, 0.05) is 12.8 Å². The van der Waals surface area contributed by atoms with Crippen molar-refractivity contribution in [1.29, 1.82) is 0 Å². The summed E-state index contributed by atoms with van der Waals surface area (Å²) in [5.41, 5.74) is 0. The van der Waals surface area contributed by atoms with Gasteiger partial charge < -0.3 is 28.5 Å². The quantitative estimate of drug-likeness (QED) is 0.0212. The Morgan fingerprint density at radius 2 is 0.877 bits per heavy atom. The van der Waals surface area contributed by atoms with Crippen molar-refractivity contribution in [3.63, 3.8) is 0 Å². The van der Waals surface area contributed by atoms with Crippen molar-refractivity contribution in [2.75, 3.05) is 40.9 Å². The average molecular weight is 1040 g/mol. The largest absolute Gasteiger partial charge is 0.756 e. The molecular formula is C63H111N2O7P. The lowest BCUT2D eigenvalue weighted by atomic mass is 10.0. The lowest BCUT2D eigenvalue weighted by molar-refractivity contribution is -0.870. The van der Waals surface area contributed by atoms with Gasteiger partial charge in [0.15, 0.2) is 0 Å². The highest BCUT2D eigenvalue weighted by molar-refractivity contribution is 7.45. The molecule has 3 unspecified atom stereocenters. The van der Waals surface area contributed by atoms with Crippen LogP contribution in [-0.4, -0.2) is 69.4 Å². The van der Waals surface area contributed by atoms with Crippen LogP contribution in [0.1, 0.15) is 239 Å². The summed E-state index contributed by atoms with van der Waals surface area (Å²) in [6, 6.07) is -0.907. The van der Waals surface area contributed by atoms with Gasteiger partial charge in [0.1, 0.15) is 19.3 Å². The number of hydrogen-bond donors (Lipinski definition) is 1. The number of nitrogens with one attached hydrogen (secondary N) is 1. The number of quaternary nitrogens is 1. The zero-order valence-electron chi connectivity index (χ0n) is 47.8. The maximum Gasteiger partial charge on any atom is 0.306 e. The van der Waals surface area contributed by atoms with E-state index >= 15 is 0 Å². The molecule has 0 fully saturated rings. The molecule has 1 amide bonds. The minimum Gasteiger partial charge on any atom is -0.756 e. The first kappa shape index (κ1) is 69.9. The van der Waals surface area contributed by atoms with Crippen LogP contribution < -0.4 is 10.2 Å². The van der Waals surface area contributed by atoms with Gasteiger partial charge in [-0.05, 0) is 102 Å². The van der Waals surface area contributed by atoms with Gasteiger partial charge in [-0.3, -0.25) is 14.2 Å². The third kappa shape index (κ3) is 53.6. The van der Waals surface area contributed by atoms with Crippen molar-refractivity contribution in [1.82, 2.24) is 5.32 Å². The standard InChI is InChI=1S/C63H111N2O7P/c1-7-10-13-16-19-22-25-28-30-31-32-33-34-35-36-37-40-43-46-49-52-55-62(66)64-60(59-71-73(68,69)70-58-57-65(4,5)6)61(54-51-48-45-42-39-27-24-21-18-15-12-9-3)72-63(67)56-53-50-47-44-41-38-29-26-23-20-17-14-11-8-2/h10-11,13-14,19-20,22-23,28,30,32-33,35-36,51,54,60-61H,7-9,12,15-18,21,24-27,29,31,34,37-50,52-53,55-59H2,1-6H3,(H-,64,66,68,69)/b13-10-,14-11+,22-19-,23-20+,30-28-,33-32-,36-35-,54-51-. The SMILES string of the molecule is CC/C=C\C/C=C\C/C=C\C/C=C\C/C=C\CCCCCCCC(=O)NC(COP(=O)([O-])OCC[N+](C)(C)C)C(/C=C\CCCCCCCCCCCC)OC(=O)CCCCCCCCC/C=C/C/C=C/CC. The molecule has 0 aromatic carbocycles. The molecule has 0 spiro atoms. The molecule has 420 valence electrons. The van der Waals surface area contributed by atoms with Gasteiger partial charge in [-0.25, -0.2) is 0 Å². The molecule has 0 aliphatic heterocycles.